The summed E-state index contributed by atoms with van der Waals surface area (Å²) in [7, 11) is -3.69. The number of alkyl carbamates (subject to hydrolysis) is 1. The Bertz CT molecular complexity index is 584. The topological polar surface area (TPSA) is 81.7 Å². The number of nitrogens with one attached hydrogen (secondary N) is 1. The van der Waals surface area contributed by atoms with Crippen molar-refractivity contribution in [1.82, 2.24) is 5.32 Å². The van der Waals surface area contributed by atoms with Crippen LogP contribution in [-0.2, 0) is 19.0 Å². The Morgan fingerprint density at radius 2 is 1.75 bits per heavy atom. The lowest BCUT2D eigenvalue weighted by Gasteiger charge is -2.07. The van der Waals surface area contributed by atoms with Gasteiger partial charge in [-0.25, -0.2) is 4.79 Å². The fourth-order valence-electron chi connectivity index (χ4n) is 1.90. The molecule has 1 aromatic carbocycles. The number of rotatable bonds is 11. The minimum absolute atomic E-state index is 0.136. The minimum atomic E-state index is -3.69. The van der Waals surface area contributed by atoms with Crippen molar-refractivity contribution in [3.63, 3.8) is 0 Å². The van der Waals surface area contributed by atoms with Crippen LogP contribution in [0.1, 0.15) is 44.6 Å². The summed E-state index contributed by atoms with van der Waals surface area (Å²) in [5.74, 6) is 0. The van der Waals surface area contributed by atoms with Gasteiger partial charge < -0.3 is 10.1 Å². The molecule has 0 saturated heterocycles. The van der Waals surface area contributed by atoms with E-state index in [4.69, 9.17) is 8.92 Å². The highest BCUT2D eigenvalue weighted by molar-refractivity contribution is 7.86. The average molecular weight is 357 g/mol. The van der Waals surface area contributed by atoms with Crippen molar-refractivity contribution in [2.75, 3.05) is 19.8 Å². The Balaban J connectivity index is 2.11. The SMILES string of the molecule is CCCCOC(=O)NCCCCCOS(=O)(=O)c1ccc(C)cc1. The molecule has 24 heavy (non-hydrogen) atoms. The predicted molar refractivity (Wildman–Crippen MR) is 92.4 cm³/mol. The molecule has 0 unspecified atom stereocenters. The number of hydrogen-bond donors (Lipinski definition) is 1. The number of amides is 1. The van der Waals surface area contributed by atoms with Gasteiger partial charge in [-0.1, -0.05) is 31.0 Å². The summed E-state index contributed by atoms with van der Waals surface area (Å²) >= 11 is 0. The van der Waals surface area contributed by atoms with E-state index in [1.54, 1.807) is 24.3 Å². The van der Waals surface area contributed by atoms with Crippen LogP contribution >= 0.6 is 0 Å². The number of carbonyl (C=O) groups excluding carboxylic acids is 1. The molecule has 0 spiro atoms. The molecule has 1 rings (SSSR count). The van der Waals surface area contributed by atoms with E-state index in [9.17, 15) is 13.2 Å². The van der Waals surface area contributed by atoms with Crippen molar-refractivity contribution in [3.8, 4) is 0 Å². The van der Waals surface area contributed by atoms with Crippen molar-refractivity contribution in [2.45, 2.75) is 50.8 Å². The van der Waals surface area contributed by atoms with Gasteiger partial charge in [-0.2, -0.15) is 8.42 Å². The molecule has 7 heteroatoms. The molecule has 1 aromatic rings. The summed E-state index contributed by atoms with van der Waals surface area (Å²) < 4.78 is 33.9. The van der Waals surface area contributed by atoms with Crippen molar-refractivity contribution in [3.05, 3.63) is 29.8 Å². The van der Waals surface area contributed by atoms with Crippen molar-refractivity contribution < 1.29 is 22.1 Å². The lowest BCUT2D eigenvalue weighted by molar-refractivity contribution is 0.144. The second kappa shape index (κ2) is 11.0. The molecular formula is C17H27NO5S. The highest BCUT2D eigenvalue weighted by atomic mass is 32.2. The summed E-state index contributed by atoms with van der Waals surface area (Å²) in [6.07, 6.45) is 3.56. The van der Waals surface area contributed by atoms with Crippen LogP contribution in [0.3, 0.4) is 0 Å². The van der Waals surface area contributed by atoms with Gasteiger partial charge in [0.1, 0.15) is 0 Å². The molecule has 0 saturated carbocycles. The maximum atomic E-state index is 12.0. The molecule has 1 N–H and O–H groups in total. The third kappa shape index (κ3) is 8.31. The fourth-order valence-corrected chi connectivity index (χ4v) is 2.84. The Hall–Kier alpha value is -1.60. The average Bonchev–Trinajstić information content (AvgIpc) is 2.54. The summed E-state index contributed by atoms with van der Waals surface area (Å²) in [5, 5.41) is 2.66. The first-order chi connectivity index (χ1) is 11.5. The van der Waals surface area contributed by atoms with Gasteiger partial charge in [0, 0.05) is 6.54 Å². The molecule has 0 aliphatic rings. The Kier molecular flexibility index (Phi) is 9.41. The Morgan fingerprint density at radius 1 is 1.04 bits per heavy atom. The maximum Gasteiger partial charge on any atom is 0.407 e. The van der Waals surface area contributed by atoms with Gasteiger partial charge in [-0.3, -0.25) is 4.18 Å². The molecule has 0 aromatic heterocycles. The van der Waals surface area contributed by atoms with E-state index in [0.29, 0.717) is 19.6 Å². The Morgan fingerprint density at radius 3 is 2.42 bits per heavy atom. The molecule has 1 amide bonds. The fraction of sp³-hybridized carbons (Fsp3) is 0.588. The van der Waals surface area contributed by atoms with Crippen LogP contribution in [0.15, 0.2) is 29.2 Å². The normalized spacial score (nSPS) is 11.2. The smallest absolute Gasteiger partial charge is 0.407 e. The lowest BCUT2D eigenvalue weighted by Crippen LogP contribution is -2.25. The number of ether oxygens (including phenoxy) is 1. The third-order valence-corrected chi connectivity index (χ3v) is 4.70. The summed E-state index contributed by atoms with van der Waals surface area (Å²) in [5.41, 5.74) is 0.995. The lowest BCUT2D eigenvalue weighted by atomic mass is 10.2. The van der Waals surface area contributed by atoms with Crippen LogP contribution in [0.4, 0.5) is 4.79 Å². The molecule has 0 aliphatic heterocycles. The number of unbranched alkanes of at least 4 members (excludes halogenated alkanes) is 3. The van der Waals surface area contributed by atoms with Gasteiger partial charge in [0.15, 0.2) is 0 Å². The monoisotopic (exact) mass is 357 g/mol. The third-order valence-electron chi connectivity index (χ3n) is 3.37. The number of hydrogen-bond acceptors (Lipinski definition) is 5. The molecule has 0 aliphatic carbocycles. The standard InChI is InChI=1S/C17H27NO5S/c1-3-4-13-22-17(19)18-12-6-5-7-14-23-24(20,21)16-10-8-15(2)9-11-16/h8-11H,3-7,12-14H2,1-2H3,(H,18,19). The van der Waals surface area contributed by atoms with Gasteiger partial charge in [0.05, 0.1) is 18.1 Å². The molecular weight excluding hydrogens is 330 g/mol. The van der Waals surface area contributed by atoms with Gasteiger partial charge in [0.25, 0.3) is 10.1 Å². The maximum absolute atomic E-state index is 12.0. The van der Waals surface area contributed by atoms with E-state index >= 15 is 0 Å². The Labute approximate surface area is 144 Å². The zero-order valence-electron chi connectivity index (χ0n) is 14.4. The largest absolute Gasteiger partial charge is 0.450 e. The zero-order valence-corrected chi connectivity index (χ0v) is 15.2. The zero-order chi connectivity index (χ0) is 17.8. The minimum Gasteiger partial charge on any atom is -0.450 e. The summed E-state index contributed by atoms with van der Waals surface area (Å²) in [4.78, 5) is 11.5. The van der Waals surface area contributed by atoms with Crippen LogP contribution in [-0.4, -0.2) is 34.3 Å². The quantitative estimate of drug-likeness (QED) is 0.485. The molecule has 6 nitrogen and oxygen atoms in total. The van der Waals surface area contributed by atoms with E-state index in [2.05, 4.69) is 5.32 Å². The number of benzene rings is 1. The van der Waals surface area contributed by atoms with E-state index in [1.165, 1.54) is 0 Å². The molecule has 136 valence electrons. The van der Waals surface area contributed by atoms with Crippen LogP contribution in [0.25, 0.3) is 0 Å². The highest BCUT2D eigenvalue weighted by Gasteiger charge is 2.14. The second-order valence-corrected chi connectivity index (χ2v) is 7.18. The molecule has 0 heterocycles. The van der Waals surface area contributed by atoms with Crippen molar-refractivity contribution in [1.29, 1.82) is 0 Å². The van der Waals surface area contributed by atoms with E-state index < -0.39 is 16.2 Å². The highest BCUT2D eigenvalue weighted by Crippen LogP contribution is 2.13. The van der Waals surface area contributed by atoms with Crippen molar-refractivity contribution in [2.24, 2.45) is 0 Å². The second-order valence-electron chi connectivity index (χ2n) is 5.57. The first kappa shape index (κ1) is 20.4. The van der Waals surface area contributed by atoms with E-state index in [-0.39, 0.29) is 11.5 Å². The first-order valence-corrected chi connectivity index (χ1v) is 9.73. The number of carbonyl (C=O) groups is 1. The van der Waals surface area contributed by atoms with E-state index in [0.717, 1.165) is 31.2 Å². The van der Waals surface area contributed by atoms with Gasteiger partial charge in [0.2, 0.25) is 0 Å². The van der Waals surface area contributed by atoms with Crippen LogP contribution < -0.4 is 5.32 Å². The molecule has 0 bridgehead atoms. The van der Waals surface area contributed by atoms with Crippen LogP contribution in [0.5, 0.6) is 0 Å². The molecule has 0 radical (unpaired) electrons. The first-order valence-electron chi connectivity index (χ1n) is 8.32. The van der Waals surface area contributed by atoms with Gasteiger partial charge in [-0.05, 0) is 44.7 Å². The number of aryl methyl sites for hydroxylation is 1. The van der Waals surface area contributed by atoms with Crippen LogP contribution in [0.2, 0.25) is 0 Å². The van der Waals surface area contributed by atoms with E-state index in [1.807, 2.05) is 13.8 Å². The van der Waals surface area contributed by atoms with Gasteiger partial charge >= 0.3 is 6.09 Å². The predicted octanol–water partition coefficient (Wildman–Crippen LogP) is 3.40. The van der Waals surface area contributed by atoms with Crippen LogP contribution in [0, 0.1) is 6.92 Å². The van der Waals surface area contributed by atoms with Crippen molar-refractivity contribution >= 4 is 16.2 Å². The summed E-state index contributed by atoms with van der Waals surface area (Å²) in [6.45, 7) is 5.01. The van der Waals surface area contributed by atoms with Gasteiger partial charge in [-0.15, -0.1) is 0 Å². The molecule has 0 fully saturated rings. The summed E-state index contributed by atoms with van der Waals surface area (Å²) in [6, 6.07) is 6.56. The molecule has 0 atom stereocenters.